The Kier molecular flexibility index (Phi) is 2.63. The molecule has 1 aromatic carbocycles. The van der Waals surface area contributed by atoms with Gasteiger partial charge in [-0.1, -0.05) is 18.2 Å². The molecule has 4 nitrogen and oxygen atoms in total. The fraction of sp³-hybridized carbons (Fsp3) is 0.286. The van der Waals surface area contributed by atoms with Crippen LogP contribution in [0.2, 0.25) is 0 Å². The van der Waals surface area contributed by atoms with Crippen molar-refractivity contribution in [3.8, 4) is 0 Å². The molecule has 1 aliphatic carbocycles. The lowest BCUT2D eigenvalue weighted by molar-refractivity contribution is -0.121. The fourth-order valence-corrected chi connectivity index (χ4v) is 2.16. The van der Waals surface area contributed by atoms with Gasteiger partial charge in [0.2, 0.25) is 5.91 Å². The molecule has 0 spiro atoms. The van der Waals surface area contributed by atoms with E-state index in [4.69, 9.17) is 0 Å². The lowest BCUT2D eigenvalue weighted by Gasteiger charge is -2.05. The number of para-hydroxylation sites is 1. The normalized spacial score (nSPS) is 14.7. The lowest BCUT2D eigenvalue weighted by Crippen LogP contribution is -2.29. The Labute approximate surface area is 105 Å². The molecule has 1 amide bonds. The minimum Gasteiger partial charge on any atom is -0.352 e. The number of hydrogen-bond acceptors (Lipinski definition) is 2. The smallest absolute Gasteiger partial charge is 0.240 e. The predicted octanol–water partition coefficient (Wildman–Crippen LogP) is 1.73. The molecule has 18 heavy (non-hydrogen) atoms. The molecular formula is C14H14N2O2. The average Bonchev–Trinajstić information content (AvgIpc) is 3.11. The first kappa shape index (κ1) is 11.0. The van der Waals surface area contributed by atoms with Crippen LogP contribution >= 0.6 is 0 Å². The van der Waals surface area contributed by atoms with Crippen LogP contribution in [0.15, 0.2) is 30.5 Å². The molecule has 0 aliphatic heterocycles. The van der Waals surface area contributed by atoms with Crippen molar-refractivity contribution in [3.63, 3.8) is 0 Å². The number of fused-ring (bicyclic) bond motifs is 1. The highest BCUT2D eigenvalue weighted by molar-refractivity contribution is 5.98. The Balaban J connectivity index is 1.90. The van der Waals surface area contributed by atoms with Gasteiger partial charge in [0.15, 0.2) is 6.29 Å². The molecule has 1 saturated carbocycles. The van der Waals surface area contributed by atoms with Crippen molar-refractivity contribution < 1.29 is 9.59 Å². The maximum Gasteiger partial charge on any atom is 0.240 e. The number of carbonyl (C=O) groups is 2. The van der Waals surface area contributed by atoms with Gasteiger partial charge in [-0.25, -0.2) is 0 Å². The van der Waals surface area contributed by atoms with Gasteiger partial charge in [-0.15, -0.1) is 0 Å². The van der Waals surface area contributed by atoms with Gasteiger partial charge in [-0.05, 0) is 18.9 Å². The first-order chi connectivity index (χ1) is 8.78. The fourth-order valence-electron chi connectivity index (χ4n) is 2.16. The van der Waals surface area contributed by atoms with Gasteiger partial charge in [-0.3, -0.25) is 9.59 Å². The highest BCUT2D eigenvalue weighted by Gasteiger charge is 2.23. The maximum atomic E-state index is 11.8. The van der Waals surface area contributed by atoms with Crippen LogP contribution in [0.4, 0.5) is 0 Å². The van der Waals surface area contributed by atoms with E-state index in [1.54, 1.807) is 6.20 Å². The highest BCUT2D eigenvalue weighted by atomic mass is 16.2. The SMILES string of the molecule is O=Cc1cn(CC(=O)NC2CC2)c2ccccc12. The number of carbonyl (C=O) groups excluding carboxylic acids is 2. The van der Waals surface area contributed by atoms with Gasteiger partial charge in [0.25, 0.3) is 0 Å². The Morgan fingerprint density at radius 3 is 2.89 bits per heavy atom. The third kappa shape index (κ3) is 2.01. The van der Waals surface area contributed by atoms with Gasteiger partial charge in [-0.2, -0.15) is 0 Å². The molecule has 0 bridgehead atoms. The Morgan fingerprint density at radius 1 is 1.39 bits per heavy atom. The van der Waals surface area contributed by atoms with Gasteiger partial charge in [0.1, 0.15) is 6.54 Å². The molecule has 0 saturated heterocycles. The number of hydrogen-bond donors (Lipinski definition) is 1. The second kappa shape index (κ2) is 4.29. The average molecular weight is 242 g/mol. The summed E-state index contributed by atoms with van der Waals surface area (Å²) in [5.41, 5.74) is 1.55. The molecule has 92 valence electrons. The molecular weight excluding hydrogens is 228 g/mol. The predicted molar refractivity (Wildman–Crippen MR) is 68.5 cm³/mol. The van der Waals surface area contributed by atoms with E-state index in [0.29, 0.717) is 11.6 Å². The molecule has 1 aliphatic rings. The molecule has 3 rings (SSSR count). The molecule has 0 radical (unpaired) electrons. The summed E-state index contributed by atoms with van der Waals surface area (Å²) in [7, 11) is 0. The van der Waals surface area contributed by atoms with Crippen LogP contribution in [0.1, 0.15) is 23.2 Å². The molecule has 0 atom stereocenters. The third-order valence-electron chi connectivity index (χ3n) is 3.20. The van der Waals surface area contributed by atoms with E-state index >= 15 is 0 Å². The largest absolute Gasteiger partial charge is 0.352 e. The standard InChI is InChI=1S/C14H14N2O2/c17-9-10-7-16(8-14(18)15-11-5-6-11)13-4-2-1-3-12(10)13/h1-4,7,9,11H,5-6,8H2,(H,15,18). The summed E-state index contributed by atoms with van der Waals surface area (Å²) in [4.78, 5) is 22.8. The summed E-state index contributed by atoms with van der Waals surface area (Å²) in [5, 5.41) is 3.84. The van der Waals surface area contributed by atoms with E-state index in [1.165, 1.54) is 0 Å². The number of nitrogens with zero attached hydrogens (tertiary/aromatic N) is 1. The van der Waals surface area contributed by atoms with Gasteiger partial charge >= 0.3 is 0 Å². The van der Waals surface area contributed by atoms with Crippen molar-refractivity contribution in [1.29, 1.82) is 0 Å². The van der Waals surface area contributed by atoms with Crippen LogP contribution in [0.3, 0.4) is 0 Å². The van der Waals surface area contributed by atoms with Gasteiger partial charge < -0.3 is 9.88 Å². The number of aromatic nitrogens is 1. The van der Waals surface area contributed by atoms with Gasteiger partial charge in [0, 0.05) is 28.7 Å². The monoisotopic (exact) mass is 242 g/mol. The van der Waals surface area contributed by atoms with Crippen molar-refractivity contribution >= 4 is 23.1 Å². The summed E-state index contributed by atoms with van der Waals surface area (Å²) < 4.78 is 1.83. The van der Waals surface area contributed by atoms with Crippen molar-refractivity contribution in [2.24, 2.45) is 0 Å². The van der Waals surface area contributed by atoms with Crippen LogP contribution in [0.5, 0.6) is 0 Å². The summed E-state index contributed by atoms with van der Waals surface area (Å²) in [6, 6.07) is 7.99. The summed E-state index contributed by atoms with van der Waals surface area (Å²) >= 11 is 0. The second-order valence-corrected chi connectivity index (χ2v) is 4.69. The summed E-state index contributed by atoms with van der Waals surface area (Å²) in [6.07, 6.45) is 4.73. The third-order valence-corrected chi connectivity index (χ3v) is 3.20. The lowest BCUT2D eigenvalue weighted by atomic mass is 10.2. The molecule has 1 aromatic heterocycles. The topological polar surface area (TPSA) is 51.1 Å². The summed E-state index contributed by atoms with van der Waals surface area (Å²) in [5.74, 6) is 0.00991. The first-order valence-corrected chi connectivity index (χ1v) is 6.10. The molecule has 1 heterocycles. The number of amides is 1. The Bertz CT molecular complexity index is 611. The number of benzene rings is 1. The van der Waals surface area contributed by atoms with E-state index in [9.17, 15) is 9.59 Å². The summed E-state index contributed by atoms with van der Waals surface area (Å²) in [6.45, 7) is 0.269. The van der Waals surface area contributed by atoms with Gasteiger partial charge in [0.05, 0.1) is 0 Å². The zero-order valence-electron chi connectivity index (χ0n) is 9.93. The zero-order valence-corrected chi connectivity index (χ0v) is 9.93. The molecule has 0 unspecified atom stereocenters. The van der Waals surface area contributed by atoms with Crippen LogP contribution in [0, 0.1) is 0 Å². The molecule has 1 fully saturated rings. The van der Waals surface area contributed by atoms with Crippen molar-refractivity contribution in [3.05, 3.63) is 36.0 Å². The maximum absolute atomic E-state index is 11.8. The van der Waals surface area contributed by atoms with E-state index < -0.39 is 0 Å². The van der Waals surface area contributed by atoms with Crippen molar-refractivity contribution in [1.82, 2.24) is 9.88 Å². The van der Waals surface area contributed by atoms with Crippen LogP contribution < -0.4 is 5.32 Å². The Morgan fingerprint density at radius 2 is 2.17 bits per heavy atom. The molecule has 2 aromatic rings. The van der Waals surface area contributed by atoms with Crippen LogP contribution in [0.25, 0.3) is 10.9 Å². The van der Waals surface area contributed by atoms with Crippen LogP contribution in [-0.2, 0) is 11.3 Å². The minimum absolute atomic E-state index is 0.00991. The van der Waals surface area contributed by atoms with Crippen molar-refractivity contribution in [2.75, 3.05) is 0 Å². The number of rotatable bonds is 4. The first-order valence-electron chi connectivity index (χ1n) is 6.10. The number of nitrogens with one attached hydrogen (secondary N) is 1. The molecule has 1 N–H and O–H groups in total. The number of aldehydes is 1. The van der Waals surface area contributed by atoms with Crippen molar-refractivity contribution in [2.45, 2.75) is 25.4 Å². The van der Waals surface area contributed by atoms with E-state index in [-0.39, 0.29) is 12.5 Å². The highest BCUT2D eigenvalue weighted by Crippen LogP contribution is 2.21. The second-order valence-electron chi connectivity index (χ2n) is 4.69. The van der Waals surface area contributed by atoms with E-state index in [1.807, 2.05) is 28.8 Å². The Hall–Kier alpha value is -2.10. The van der Waals surface area contributed by atoms with Crippen LogP contribution in [-0.4, -0.2) is 22.8 Å². The minimum atomic E-state index is 0.00991. The molecule has 4 heteroatoms. The van der Waals surface area contributed by atoms with E-state index in [0.717, 1.165) is 30.0 Å². The van der Waals surface area contributed by atoms with E-state index in [2.05, 4.69) is 5.32 Å². The zero-order chi connectivity index (χ0) is 12.5. The quantitative estimate of drug-likeness (QED) is 0.830.